The van der Waals surface area contributed by atoms with Crippen molar-refractivity contribution in [3.05, 3.63) is 29.8 Å². The van der Waals surface area contributed by atoms with Crippen molar-refractivity contribution in [1.29, 1.82) is 0 Å². The lowest BCUT2D eigenvalue weighted by atomic mass is 10.2. The first-order chi connectivity index (χ1) is 10.3. The van der Waals surface area contributed by atoms with Gasteiger partial charge in [-0.1, -0.05) is 12.1 Å². The Morgan fingerprint density at radius 3 is 2.81 bits per heavy atom. The van der Waals surface area contributed by atoms with Crippen LogP contribution in [0.4, 0.5) is 0 Å². The molecule has 0 aliphatic carbocycles. The van der Waals surface area contributed by atoms with E-state index in [1.807, 2.05) is 12.1 Å². The highest BCUT2D eigenvalue weighted by Gasteiger charge is 2.13. The van der Waals surface area contributed by atoms with E-state index in [-0.39, 0.29) is 5.97 Å². The van der Waals surface area contributed by atoms with Gasteiger partial charge in [-0.25, -0.2) is 4.79 Å². The van der Waals surface area contributed by atoms with Crippen molar-refractivity contribution in [2.24, 2.45) is 0 Å². The number of benzene rings is 1. The van der Waals surface area contributed by atoms with E-state index in [0.717, 1.165) is 39.3 Å². The Morgan fingerprint density at radius 2 is 2.05 bits per heavy atom. The lowest BCUT2D eigenvalue weighted by Gasteiger charge is -2.26. The molecule has 21 heavy (non-hydrogen) atoms. The maximum atomic E-state index is 11.8. The molecule has 0 N–H and O–H groups in total. The highest BCUT2D eigenvalue weighted by molar-refractivity contribution is 5.92. The average Bonchev–Trinajstić information content (AvgIpc) is 2.53. The number of carbonyl (C=O) groups excluding carboxylic acids is 1. The van der Waals surface area contributed by atoms with Crippen LogP contribution in [-0.4, -0.2) is 56.9 Å². The normalized spacial score (nSPS) is 15.7. The van der Waals surface area contributed by atoms with Crippen LogP contribution < -0.4 is 4.74 Å². The summed E-state index contributed by atoms with van der Waals surface area (Å²) in [5.41, 5.74) is 0.491. The Hall–Kier alpha value is -1.59. The Morgan fingerprint density at radius 1 is 1.29 bits per heavy atom. The Kier molecular flexibility index (Phi) is 6.50. The van der Waals surface area contributed by atoms with E-state index in [4.69, 9.17) is 14.2 Å². The third-order valence-electron chi connectivity index (χ3n) is 3.36. The smallest absolute Gasteiger partial charge is 0.341 e. The lowest BCUT2D eigenvalue weighted by Crippen LogP contribution is -2.37. The molecule has 0 saturated carbocycles. The van der Waals surface area contributed by atoms with Gasteiger partial charge in [-0.15, -0.1) is 0 Å². The SMILES string of the molecule is CCOC(=O)c1ccccc1OCCCN1CCOCC1. The van der Waals surface area contributed by atoms with Gasteiger partial charge in [-0.05, 0) is 25.5 Å². The fourth-order valence-corrected chi connectivity index (χ4v) is 2.27. The van der Waals surface area contributed by atoms with E-state index in [0.29, 0.717) is 24.5 Å². The summed E-state index contributed by atoms with van der Waals surface area (Å²) in [4.78, 5) is 14.2. The van der Waals surface area contributed by atoms with Gasteiger partial charge in [-0.2, -0.15) is 0 Å². The molecule has 0 radical (unpaired) electrons. The second kappa shape index (κ2) is 8.64. The molecule has 1 aromatic rings. The lowest BCUT2D eigenvalue weighted by molar-refractivity contribution is 0.0356. The van der Waals surface area contributed by atoms with E-state index in [1.54, 1.807) is 19.1 Å². The summed E-state index contributed by atoms with van der Waals surface area (Å²) in [7, 11) is 0. The molecule has 0 aromatic heterocycles. The van der Waals surface area contributed by atoms with Crippen molar-refractivity contribution >= 4 is 5.97 Å². The first-order valence-corrected chi connectivity index (χ1v) is 7.50. The van der Waals surface area contributed by atoms with Crippen LogP contribution in [0, 0.1) is 0 Å². The molecule has 5 heteroatoms. The van der Waals surface area contributed by atoms with Crippen LogP contribution in [0.1, 0.15) is 23.7 Å². The van der Waals surface area contributed by atoms with Crippen molar-refractivity contribution in [1.82, 2.24) is 4.90 Å². The average molecular weight is 293 g/mol. The van der Waals surface area contributed by atoms with Crippen molar-refractivity contribution in [3.63, 3.8) is 0 Å². The molecule has 1 saturated heterocycles. The summed E-state index contributed by atoms with van der Waals surface area (Å²) in [6, 6.07) is 7.21. The highest BCUT2D eigenvalue weighted by atomic mass is 16.5. The number of nitrogens with zero attached hydrogens (tertiary/aromatic N) is 1. The molecule has 5 nitrogen and oxygen atoms in total. The predicted molar refractivity (Wildman–Crippen MR) is 79.8 cm³/mol. The third-order valence-corrected chi connectivity index (χ3v) is 3.36. The molecule has 1 aliphatic heterocycles. The van der Waals surface area contributed by atoms with Gasteiger partial charge in [-0.3, -0.25) is 4.90 Å². The van der Waals surface area contributed by atoms with Crippen LogP contribution in [0.3, 0.4) is 0 Å². The molecule has 0 bridgehead atoms. The number of rotatable bonds is 7. The van der Waals surface area contributed by atoms with Crippen molar-refractivity contribution in [3.8, 4) is 5.75 Å². The maximum Gasteiger partial charge on any atom is 0.341 e. The Bertz CT molecular complexity index is 444. The van der Waals surface area contributed by atoms with Crippen LogP contribution in [0.25, 0.3) is 0 Å². The minimum atomic E-state index is -0.332. The van der Waals surface area contributed by atoms with Gasteiger partial charge in [0.05, 0.1) is 26.4 Å². The number of ether oxygens (including phenoxy) is 3. The largest absolute Gasteiger partial charge is 0.493 e. The topological polar surface area (TPSA) is 48.0 Å². The molecule has 2 rings (SSSR count). The number of hydrogen-bond acceptors (Lipinski definition) is 5. The summed E-state index contributed by atoms with van der Waals surface area (Å²) in [6.07, 6.45) is 0.928. The number of carbonyl (C=O) groups is 1. The third kappa shape index (κ3) is 5.02. The molecule has 0 spiro atoms. The number of hydrogen-bond donors (Lipinski definition) is 0. The predicted octanol–water partition coefficient (Wildman–Crippen LogP) is 1.96. The summed E-state index contributed by atoms with van der Waals surface area (Å²) >= 11 is 0. The Labute approximate surface area is 125 Å². The van der Waals surface area contributed by atoms with Crippen molar-refractivity contribution in [2.75, 3.05) is 46.1 Å². The molecule has 1 aliphatic rings. The molecule has 1 fully saturated rings. The molecule has 0 unspecified atom stereocenters. The standard InChI is InChI=1S/C16H23NO4/c1-2-20-16(18)14-6-3-4-7-15(14)21-11-5-8-17-9-12-19-13-10-17/h3-4,6-7H,2,5,8-13H2,1H3. The fraction of sp³-hybridized carbons (Fsp3) is 0.562. The molecule has 0 atom stereocenters. The number of morpholine rings is 1. The van der Waals surface area contributed by atoms with Gasteiger partial charge in [0.1, 0.15) is 11.3 Å². The molecule has 1 heterocycles. The molecule has 116 valence electrons. The summed E-state index contributed by atoms with van der Waals surface area (Å²) in [6.45, 7) is 7.34. The number of esters is 1. The van der Waals surface area contributed by atoms with Gasteiger partial charge in [0.15, 0.2) is 0 Å². The van der Waals surface area contributed by atoms with E-state index >= 15 is 0 Å². The minimum Gasteiger partial charge on any atom is -0.493 e. The monoisotopic (exact) mass is 293 g/mol. The van der Waals surface area contributed by atoms with Crippen molar-refractivity contribution in [2.45, 2.75) is 13.3 Å². The van der Waals surface area contributed by atoms with E-state index in [1.165, 1.54) is 0 Å². The van der Waals surface area contributed by atoms with Gasteiger partial charge >= 0.3 is 5.97 Å². The summed E-state index contributed by atoms with van der Waals surface area (Å²) in [5.74, 6) is 0.263. The van der Waals surface area contributed by atoms with Gasteiger partial charge in [0.2, 0.25) is 0 Å². The fourth-order valence-electron chi connectivity index (χ4n) is 2.27. The van der Waals surface area contributed by atoms with Gasteiger partial charge in [0, 0.05) is 19.6 Å². The highest BCUT2D eigenvalue weighted by Crippen LogP contribution is 2.19. The van der Waals surface area contributed by atoms with Crippen LogP contribution in [0.2, 0.25) is 0 Å². The zero-order chi connectivity index (χ0) is 14.9. The zero-order valence-electron chi connectivity index (χ0n) is 12.5. The Balaban J connectivity index is 1.78. The van der Waals surface area contributed by atoms with Gasteiger partial charge < -0.3 is 14.2 Å². The second-order valence-electron chi connectivity index (χ2n) is 4.87. The molecule has 1 aromatic carbocycles. The quantitative estimate of drug-likeness (QED) is 0.568. The number of para-hydroxylation sites is 1. The van der Waals surface area contributed by atoms with E-state index in [2.05, 4.69) is 4.90 Å². The van der Waals surface area contributed by atoms with E-state index in [9.17, 15) is 4.79 Å². The van der Waals surface area contributed by atoms with Crippen LogP contribution in [0.5, 0.6) is 5.75 Å². The first kappa shape index (κ1) is 15.8. The molecule has 0 amide bonds. The molecular weight excluding hydrogens is 270 g/mol. The van der Waals surface area contributed by atoms with E-state index < -0.39 is 0 Å². The minimum absolute atomic E-state index is 0.332. The van der Waals surface area contributed by atoms with Crippen LogP contribution >= 0.6 is 0 Å². The first-order valence-electron chi connectivity index (χ1n) is 7.50. The zero-order valence-corrected chi connectivity index (χ0v) is 12.5. The summed E-state index contributed by atoms with van der Waals surface area (Å²) < 4.78 is 16.1. The maximum absolute atomic E-state index is 11.8. The van der Waals surface area contributed by atoms with Crippen LogP contribution in [-0.2, 0) is 9.47 Å². The molecular formula is C16H23NO4. The second-order valence-corrected chi connectivity index (χ2v) is 4.87. The van der Waals surface area contributed by atoms with Crippen LogP contribution in [0.15, 0.2) is 24.3 Å². The summed E-state index contributed by atoms with van der Waals surface area (Å²) in [5, 5.41) is 0. The van der Waals surface area contributed by atoms with Gasteiger partial charge in [0.25, 0.3) is 0 Å². The van der Waals surface area contributed by atoms with Crippen molar-refractivity contribution < 1.29 is 19.0 Å².